The van der Waals surface area contributed by atoms with Crippen LogP contribution in [0.4, 0.5) is 4.79 Å². The van der Waals surface area contributed by atoms with E-state index in [1.54, 1.807) is 9.80 Å². The standard InChI is InChI=1S/C12H20N2O5/c15-9-2-1-3-13(7-9)12(18)14-4-5-19-10(8-14)6-11(16)17/h9-10,15H,1-8H2,(H,16,17). The van der Waals surface area contributed by atoms with Gasteiger partial charge in [-0.3, -0.25) is 4.79 Å². The first kappa shape index (κ1) is 14.1. The van der Waals surface area contributed by atoms with E-state index in [0.29, 0.717) is 32.8 Å². The number of hydrogen-bond acceptors (Lipinski definition) is 4. The van der Waals surface area contributed by atoms with Crippen LogP contribution in [0.25, 0.3) is 0 Å². The second-order valence-corrected chi connectivity index (χ2v) is 5.06. The molecule has 0 radical (unpaired) electrons. The van der Waals surface area contributed by atoms with Crippen molar-refractivity contribution < 1.29 is 24.5 Å². The van der Waals surface area contributed by atoms with Crippen molar-refractivity contribution in [2.75, 3.05) is 32.8 Å². The molecule has 0 spiro atoms. The number of carbonyl (C=O) groups excluding carboxylic acids is 1. The molecule has 2 aliphatic rings. The number of ether oxygens (including phenoxy) is 1. The predicted molar refractivity (Wildman–Crippen MR) is 65.8 cm³/mol. The molecule has 2 atom stereocenters. The lowest BCUT2D eigenvalue weighted by molar-refractivity contribution is -0.141. The van der Waals surface area contributed by atoms with Gasteiger partial charge in [-0.1, -0.05) is 0 Å². The molecule has 7 nitrogen and oxygen atoms in total. The molecular formula is C12H20N2O5. The van der Waals surface area contributed by atoms with Gasteiger partial charge in [0.2, 0.25) is 0 Å². The van der Waals surface area contributed by atoms with Crippen LogP contribution in [0.5, 0.6) is 0 Å². The molecule has 2 N–H and O–H groups in total. The van der Waals surface area contributed by atoms with Crippen LogP contribution in [0.15, 0.2) is 0 Å². The average Bonchev–Trinajstić information content (AvgIpc) is 2.37. The van der Waals surface area contributed by atoms with E-state index in [4.69, 9.17) is 9.84 Å². The summed E-state index contributed by atoms with van der Waals surface area (Å²) in [6, 6.07) is -0.127. The molecule has 0 saturated carbocycles. The number of urea groups is 1. The summed E-state index contributed by atoms with van der Waals surface area (Å²) in [5, 5.41) is 18.3. The zero-order valence-electron chi connectivity index (χ0n) is 10.8. The van der Waals surface area contributed by atoms with Gasteiger partial charge in [0.1, 0.15) is 0 Å². The first-order valence-electron chi connectivity index (χ1n) is 6.61. The lowest BCUT2D eigenvalue weighted by atomic mass is 10.1. The van der Waals surface area contributed by atoms with E-state index >= 15 is 0 Å². The van der Waals surface area contributed by atoms with Crippen LogP contribution in [0, 0.1) is 0 Å². The molecule has 0 aromatic rings. The highest BCUT2D eigenvalue weighted by molar-refractivity contribution is 5.75. The Bertz CT molecular complexity index is 349. The van der Waals surface area contributed by atoms with E-state index in [9.17, 15) is 14.7 Å². The Balaban J connectivity index is 1.89. The number of likely N-dealkylation sites (tertiary alicyclic amines) is 1. The predicted octanol–water partition coefficient (Wildman–Crippen LogP) is -0.261. The van der Waals surface area contributed by atoms with Gasteiger partial charge in [-0.15, -0.1) is 0 Å². The van der Waals surface area contributed by atoms with Gasteiger partial charge < -0.3 is 24.7 Å². The average molecular weight is 272 g/mol. The number of aliphatic carboxylic acids is 1. The highest BCUT2D eigenvalue weighted by atomic mass is 16.5. The molecule has 0 aromatic heterocycles. The summed E-state index contributed by atoms with van der Waals surface area (Å²) in [6.45, 7) is 2.15. The fraction of sp³-hybridized carbons (Fsp3) is 0.833. The maximum atomic E-state index is 12.3. The van der Waals surface area contributed by atoms with Gasteiger partial charge in [0.15, 0.2) is 0 Å². The third kappa shape index (κ3) is 3.81. The summed E-state index contributed by atoms with van der Waals surface area (Å²) >= 11 is 0. The number of morpholine rings is 1. The summed E-state index contributed by atoms with van der Waals surface area (Å²) in [6.07, 6.45) is 0.551. The van der Waals surface area contributed by atoms with Gasteiger partial charge >= 0.3 is 12.0 Å². The first-order chi connectivity index (χ1) is 9.06. The molecule has 2 saturated heterocycles. The minimum absolute atomic E-state index is 0.0909. The van der Waals surface area contributed by atoms with Crippen molar-refractivity contribution in [3.8, 4) is 0 Å². The normalized spacial score (nSPS) is 28.3. The Kier molecular flexibility index (Phi) is 4.60. The van der Waals surface area contributed by atoms with Crippen LogP contribution >= 0.6 is 0 Å². The zero-order chi connectivity index (χ0) is 13.8. The fourth-order valence-corrected chi connectivity index (χ4v) is 2.54. The summed E-state index contributed by atoms with van der Waals surface area (Å²) in [5.74, 6) is -0.923. The lowest BCUT2D eigenvalue weighted by Gasteiger charge is -2.38. The van der Waals surface area contributed by atoms with E-state index in [2.05, 4.69) is 0 Å². The number of amides is 2. The summed E-state index contributed by atoms with van der Waals surface area (Å²) < 4.78 is 5.34. The molecule has 2 aliphatic heterocycles. The third-order valence-electron chi connectivity index (χ3n) is 3.48. The van der Waals surface area contributed by atoms with Gasteiger partial charge in [0.25, 0.3) is 0 Å². The van der Waals surface area contributed by atoms with Crippen LogP contribution in [-0.4, -0.2) is 77.0 Å². The van der Waals surface area contributed by atoms with Gasteiger partial charge in [-0.05, 0) is 12.8 Å². The Labute approximate surface area is 111 Å². The number of nitrogens with zero attached hydrogens (tertiary/aromatic N) is 2. The molecule has 19 heavy (non-hydrogen) atoms. The maximum Gasteiger partial charge on any atom is 0.320 e. The number of aliphatic hydroxyl groups excluding tert-OH is 1. The summed E-state index contributed by atoms with van der Waals surface area (Å²) in [7, 11) is 0. The van der Waals surface area contributed by atoms with Crippen molar-refractivity contribution in [2.24, 2.45) is 0 Å². The van der Waals surface area contributed by atoms with E-state index in [-0.39, 0.29) is 12.5 Å². The summed E-state index contributed by atoms with van der Waals surface area (Å²) in [5.41, 5.74) is 0. The molecule has 2 unspecified atom stereocenters. The number of hydrogen-bond donors (Lipinski definition) is 2. The van der Waals surface area contributed by atoms with Crippen molar-refractivity contribution in [1.29, 1.82) is 0 Å². The number of rotatable bonds is 2. The minimum Gasteiger partial charge on any atom is -0.481 e. The molecule has 2 heterocycles. The van der Waals surface area contributed by atoms with Crippen molar-refractivity contribution in [1.82, 2.24) is 9.80 Å². The maximum absolute atomic E-state index is 12.3. The molecule has 2 rings (SSSR count). The van der Waals surface area contributed by atoms with Crippen LogP contribution in [0.2, 0.25) is 0 Å². The Morgan fingerprint density at radius 3 is 2.63 bits per heavy atom. The fourth-order valence-electron chi connectivity index (χ4n) is 2.54. The van der Waals surface area contributed by atoms with Gasteiger partial charge in [0, 0.05) is 26.2 Å². The van der Waals surface area contributed by atoms with E-state index in [0.717, 1.165) is 12.8 Å². The molecule has 0 aromatic carbocycles. The number of carbonyl (C=O) groups is 2. The number of piperidine rings is 1. The molecule has 108 valence electrons. The zero-order valence-corrected chi connectivity index (χ0v) is 10.8. The molecule has 7 heteroatoms. The Morgan fingerprint density at radius 2 is 1.95 bits per heavy atom. The van der Waals surface area contributed by atoms with E-state index in [1.807, 2.05) is 0 Å². The van der Waals surface area contributed by atoms with Crippen molar-refractivity contribution in [2.45, 2.75) is 31.5 Å². The second-order valence-electron chi connectivity index (χ2n) is 5.06. The SMILES string of the molecule is O=C(O)CC1CN(C(=O)N2CCCC(O)C2)CCO1. The first-order valence-corrected chi connectivity index (χ1v) is 6.61. The Morgan fingerprint density at radius 1 is 1.21 bits per heavy atom. The smallest absolute Gasteiger partial charge is 0.320 e. The second kappa shape index (κ2) is 6.21. The quantitative estimate of drug-likeness (QED) is 0.722. The van der Waals surface area contributed by atoms with E-state index < -0.39 is 18.2 Å². The molecule has 0 bridgehead atoms. The van der Waals surface area contributed by atoms with Crippen LogP contribution < -0.4 is 0 Å². The monoisotopic (exact) mass is 272 g/mol. The minimum atomic E-state index is -0.923. The van der Waals surface area contributed by atoms with Gasteiger partial charge in [-0.2, -0.15) is 0 Å². The van der Waals surface area contributed by atoms with Crippen LogP contribution in [-0.2, 0) is 9.53 Å². The van der Waals surface area contributed by atoms with Crippen molar-refractivity contribution >= 4 is 12.0 Å². The Hall–Kier alpha value is -1.34. The van der Waals surface area contributed by atoms with Crippen molar-refractivity contribution in [3.63, 3.8) is 0 Å². The third-order valence-corrected chi connectivity index (χ3v) is 3.48. The highest BCUT2D eigenvalue weighted by Gasteiger charge is 2.30. The number of aliphatic hydroxyl groups is 1. The van der Waals surface area contributed by atoms with E-state index in [1.165, 1.54) is 0 Å². The van der Waals surface area contributed by atoms with Crippen molar-refractivity contribution in [3.05, 3.63) is 0 Å². The van der Waals surface area contributed by atoms with Gasteiger partial charge in [-0.25, -0.2) is 4.79 Å². The number of carboxylic acid groups (broad SMARTS) is 1. The molecule has 0 aliphatic carbocycles. The molecule has 2 fully saturated rings. The largest absolute Gasteiger partial charge is 0.481 e. The molecular weight excluding hydrogens is 252 g/mol. The van der Waals surface area contributed by atoms with Crippen LogP contribution in [0.1, 0.15) is 19.3 Å². The number of β-amino-alcohol motifs (C(OH)–C–C–N with tert-alkyl or cyclic N) is 1. The highest BCUT2D eigenvalue weighted by Crippen LogP contribution is 2.15. The number of carboxylic acids is 1. The lowest BCUT2D eigenvalue weighted by Crippen LogP contribution is -2.54. The van der Waals surface area contributed by atoms with Gasteiger partial charge in [0.05, 0.1) is 25.2 Å². The van der Waals surface area contributed by atoms with Crippen LogP contribution in [0.3, 0.4) is 0 Å². The molecule has 2 amide bonds. The summed E-state index contributed by atoms with van der Waals surface area (Å²) in [4.78, 5) is 26.2. The topological polar surface area (TPSA) is 90.3 Å².